The van der Waals surface area contributed by atoms with E-state index < -0.39 is 11.9 Å². The van der Waals surface area contributed by atoms with Crippen LogP contribution in [0.25, 0.3) is 11.1 Å². The Labute approximate surface area is 128 Å². The quantitative estimate of drug-likeness (QED) is 0.605. The Bertz CT molecular complexity index is 613. The van der Waals surface area contributed by atoms with Gasteiger partial charge in [-0.15, -0.1) is 11.6 Å². The number of hydrogen-bond donors (Lipinski definition) is 0. The zero-order chi connectivity index (χ0) is 15.2. The van der Waals surface area contributed by atoms with Crippen molar-refractivity contribution in [2.45, 2.75) is 12.8 Å². The molecule has 4 heteroatoms. The fourth-order valence-electron chi connectivity index (χ4n) is 2.05. The van der Waals surface area contributed by atoms with Gasteiger partial charge < -0.3 is 4.74 Å². The molecule has 0 amide bonds. The van der Waals surface area contributed by atoms with Gasteiger partial charge in [0.15, 0.2) is 0 Å². The average Bonchev–Trinajstić information content (AvgIpc) is 2.52. The molecule has 0 fully saturated rings. The van der Waals surface area contributed by atoms with Crippen molar-refractivity contribution in [3.8, 4) is 11.1 Å². The molecule has 1 atom stereocenters. The van der Waals surface area contributed by atoms with E-state index in [2.05, 4.69) is 0 Å². The first-order valence-corrected chi connectivity index (χ1v) is 7.24. The van der Waals surface area contributed by atoms with Crippen molar-refractivity contribution in [1.29, 1.82) is 0 Å². The molecule has 0 radical (unpaired) electrons. The van der Waals surface area contributed by atoms with E-state index in [0.29, 0.717) is 11.1 Å². The molecule has 110 valence electrons. The van der Waals surface area contributed by atoms with E-state index in [-0.39, 0.29) is 18.3 Å². The Morgan fingerprint density at radius 2 is 1.95 bits per heavy atom. The largest absolute Gasteiger partial charge is 0.464 e. The predicted molar refractivity (Wildman–Crippen MR) is 81.9 cm³/mol. The lowest BCUT2D eigenvalue weighted by molar-refractivity contribution is -0.144. The second-order valence-electron chi connectivity index (χ2n) is 4.68. The van der Waals surface area contributed by atoms with Gasteiger partial charge in [0.2, 0.25) is 0 Å². The first-order valence-electron chi connectivity index (χ1n) is 6.71. The van der Waals surface area contributed by atoms with Crippen LogP contribution in [0.3, 0.4) is 0 Å². The summed E-state index contributed by atoms with van der Waals surface area (Å²) < 4.78 is 19.2. The number of halogens is 2. The number of rotatable bonds is 5. The van der Waals surface area contributed by atoms with Gasteiger partial charge in [0, 0.05) is 5.56 Å². The fourth-order valence-corrected chi connectivity index (χ4v) is 2.13. The fraction of sp³-hybridized carbons (Fsp3) is 0.235. The molecule has 0 saturated heterocycles. The van der Waals surface area contributed by atoms with Crippen LogP contribution in [0.5, 0.6) is 0 Å². The standard InChI is InChI=1S/C17H16ClFO2/c1-12(17(20)21-10-9-18)14-7-8-15(16(19)11-14)13-5-3-2-4-6-13/h2-8,11-12H,9-10H2,1H3/t12-/m1/s1. The molecule has 0 aliphatic rings. The van der Waals surface area contributed by atoms with Crippen LogP contribution in [0, 0.1) is 5.82 Å². The van der Waals surface area contributed by atoms with Gasteiger partial charge >= 0.3 is 5.97 Å². The maximum Gasteiger partial charge on any atom is 0.313 e. The zero-order valence-corrected chi connectivity index (χ0v) is 12.4. The summed E-state index contributed by atoms with van der Waals surface area (Å²) in [6.07, 6.45) is 0. The number of hydrogen-bond acceptors (Lipinski definition) is 2. The van der Waals surface area contributed by atoms with E-state index in [4.69, 9.17) is 16.3 Å². The minimum Gasteiger partial charge on any atom is -0.464 e. The van der Waals surface area contributed by atoms with Crippen LogP contribution in [0.4, 0.5) is 4.39 Å². The number of esters is 1. The van der Waals surface area contributed by atoms with Gasteiger partial charge in [0.1, 0.15) is 12.4 Å². The van der Waals surface area contributed by atoms with E-state index in [1.807, 2.05) is 30.3 Å². The number of carbonyl (C=O) groups excluding carboxylic acids is 1. The summed E-state index contributed by atoms with van der Waals surface area (Å²) in [6, 6.07) is 14.1. The van der Waals surface area contributed by atoms with Crippen molar-refractivity contribution in [3.05, 3.63) is 59.9 Å². The molecule has 0 heterocycles. The van der Waals surface area contributed by atoms with Gasteiger partial charge in [-0.1, -0.05) is 42.5 Å². The highest BCUT2D eigenvalue weighted by atomic mass is 35.5. The van der Waals surface area contributed by atoms with Crippen molar-refractivity contribution in [2.75, 3.05) is 12.5 Å². The average molecular weight is 307 g/mol. The second-order valence-corrected chi connectivity index (χ2v) is 5.06. The normalized spacial score (nSPS) is 12.0. The summed E-state index contributed by atoms with van der Waals surface area (Å²) in [5.41, 5.74) is 1.91. The number of alkyl halides is 1. The van der Waals surface area contributed by atoms with E-state index in [1.54, 1.807) is 19.1 Å². The Morgan fingerprint density at radius 1 is 1.24 bits per heavy atom. The molecule has 0 unspecified atom stereocenters. The Balaban J connectivity index is 2.21. The van der Waals surface area contributed by atoms with E-state index in [9.17, 15) is 9.18 Å². The molecule has 0 aromatic heterocycles. The molecule has 0 aliphatic heterocycles. The lowest BCUT2D eigenvalue weighted by Crippen LogP contribution is -2.14. The Kier molecular flexibility index (Phi) is 5.34. The molecule has 21 heavy (non-hydrogen) atoms. The summed E-state index contributed by atoms with van der Waals surface area (Å²) in [5, 5.41) is 0. The van der Waals surface area contributed by atoms with Crippen LogP contribution in [0.15, 0.2) is 48.5 Å². The molecule has 0 spiro atoms. The highest BCUT2D eigenvalue weighted by Gasteiger charge is 2.18. The third-order valence-electron chi connectivity index (χ3n) is 3.25. The van der Waals surface area contributed by atoms with Gasteiger partial charge in [-0.2, -0.15) is 0 Å². The zero-order valence-electron chi connectivity index (χ0n) is 11.7. The summed E-state index contributed by atoms with van der Waals surface area (Å²) in [6.45, 7) is 1.85. The SMILES string of the molecule is C[C@@H](C(=O)OCCCl)c1ccc(-c2ccccc2)c(F)c1. The van der Waals surface area contributed by atoms with Gasteiger partial charge in [-0.3, -0.25) is 4.79 Å². The van der Waals surface area contributed by atoms with E-state index in [0.717, 1.165) is 5.56 Å². The van der Waals surface area contributed by atoms with Gasteiger partial charge in [0.25, 0.3) is 0 Å². The molecular formula is C17H16ClFO2. The first kappa shape index (κ1) is 15.5. The maximum absolute atomic E-state index is 14.2. The second kappa shape index (κ2) is 7.23. The third kappa shape index (κ3) is 3.82. The van der Waals surface area contributed by atoms with Crippen LogP contribution >= 0.6 is 11.6 Å². The molecule has 0 N–H and O–H groups in total. The minimum absolute atomic E-state index is 0.162. The van der Waals surface area contributed by atoms with Crippen LogP contribution in [-0.4, -0.2) is 18.5 Å². The lowest BCUT2D eigenvalue weighted by atomic mass is 9.97. The van der Waals surface area contributed by atoms with Crippen LogP contribution in [-0.2, 0) is 9.53 Å². The number of carbonyl (C=O) groups is 1. The minimum atomic E-state index is -0.521. The summed E-state index contributed by atoms with van der Waals surface area (Å²) in [7, 11) is 0. The van der Waals surface area contributed by atoms with Crippen LogP contribution in [0.1, 0.15) is 18.4 Å². The van der Waals surface area contributed by atoms with E-state index >= 15 is 0 Å². The van der Waals surface area contributed by atoms with Gasteiger partial charge in [-0.05, 0) is 24.1 Å². The highest BCUT2D eigenvalue weighted by Crippen LogP contribution is 2.26. The van der Waals surface area contributed by atoms with E-state index in [1.165, 1.54) is 6.07 Å². The molecule has 2 aromatic carbocycles. The van der Waals surface area contributed by atoms with Gasteiger partial charge in [0.05, 0.1) is 11.8 Å². The Morgan fingerprint density at radius 3 is 2.57 bits per heavy atom. The molecule has 0 aliphatic carbocycles. The third-order valence-corrected chi connectivity index (χ3v) is 3.41. The van der Waals surface area contributed by atoms with Crippen molar-refractivity contribution >= 4 is 17.6 Å². The summed E-state index contributed by atoms with van der Waals surface area (Å²) in [4.78, 5) is 11.8. The smallest absolute Gasteiger partial charge is 0.313 e. The molecule has 2 aromatic rings. The molecular weight excluding hydrogens is 291 g/mol. The highest BCUT2D eigenvalue weighted by molar-refractivity contribution is 6.18. The molecule has 2 rings (SSSR count). The summed E-state index contributed by atoms with van der Waals surface area (Å²) >= 11 is 5.47. The lowest BCUT2D eigenvalue weighted by Gasteiger charge is -2.12. The summed E-state index contributed by atoms with van der Waals surface area (Å²) in [5.74, 6) is -1.02. The predicted octanol–water partition coefficient (Wildman–Crippen LogP) is 4.38. The number of ether oxygens (including phenoxy) is 1. The van der Waals surface area contributed by atoms with Crippen molar-refractivity contribution in [1.82, 2.24) is 0 Å². The topological polar surface area (TPSA) is 26.3 Å². The Hall–Kier alpha value is -1.87. The molecule has 2 nitrogen and oxygen atoms in total. The van der Waals surface area contributed by atoms with Crippen molar-refractivity contribution < 1.29 is 13.9 Å². The molecule has 0 saturated carbocycles. The van der Waals surface area contributed by atoms with Gasteiger partial charge in [-0.25, -0.2) is 4.39 Å². The first-order chi connectivity index (χ1) is 10.1. The monoisotopic (exact) mass is 306 g/mol. The maximum atomic E-state index is 14.2. The van der Waals surface area contributed by atoms with Crippen LogP contribution < -0.4 is 0 Å². The molecule has 0 bridgehead atoms. The van der Waals surface area contributed by atoms with Crippen molar-refractivity contribution in [3.63, 3.8) is 0 Å². The van der Waals surface area contributed by atoms with Crippen LogP contribution in [0.2, 0.25) is 0 Å². The number of benzene rings is 2. The van der Waals surface area contributed by atoms with Crippen molar-refractivity contribution in [2.24, 2.45) is 0 Å².